The maximum Gasteiger partial charge on any atom is 0.287 e. The number of ether oxygens (including phenoxy) is 1. The Labute approximate surface area is 149 Å². The average molecular weight is 348 g/mol. The van der Waals surface area contributed by atoms with Crippen LogP contribution in [0.2, 0.25) is 0 Å². The van der Waals surface area contributed by atoms with Gasteiger partial charge in [0.05, 0.1) is 6.54 Å². The molecule has 26 heavy (non-hydrogen) atoms. The topological polar surface area (TPSA) is 81.7 Å². The molecule has 0 bridgehead atoms. The summed E-state index contributed by atoms with van der Waals surface area (Å²) in [6.45, 7) is 0.507. The number of benzene rings is 1. The molecule has 4 aromatic rings. The quantitative estimate of drug-likeness (QED) is 0.579. The second kappa shape index (κ2) is 7.10. The van der Waals surface area contributed by atoms with Gasteiger partial charge in [0.15, 0.2) is 17.2 Å². The van der Waals surface area contributed by atoms with E-state index in [0.717, 1.165) is 11.4 Å². The third kappa shape index (κ3) is 3.41. The van der Waals surface area contributed by atoms with Gasteiger partial charge in [-0.05, 0) is 36.4 Å². The van der Waals surface area contributed by atoms with Crippen molar-refractivity contribution < 1.29 is 13.9 Å². The lowest BCUT2D eigenvalue weighted by Crippen LogP contribution is -2.23. The Kier molecular flexibility index (Phi) is 4.34. The zero-order chi connectivity index (χ0) is 17.8. The van der Waals surface area contributed by atoms with Gasteiger partial charge in [-0.15, -0.1) is 10.2 Å². The zero-order valence-electron chi connectivity index (χ0n) is 13.8. The van der Waals surface area contributed by atoms with Crippen LogP contribution in [-0.4, -0.2) is 20.5 Å². The average Bonchev–Trinajstić information content (AvgIpc) is 3.32. The van der Waals surface area contributed by atoms with Crippen LogP contribution >= 0.6 is 0 Å². The van der Waals surface area contributed by atoms with E-state index in [9.17, 15) is 4.79 Å². The molecular weight excluding hydrogens is 332 g/mol. The van der Waals surface area contributed by atoms with Crippen molar-refractivity contribution in [3.8, 4) is 5.75 Å². The van der Waals surface area contributed by atoms with Gasteiger partial charge in [-0.3, -0.25) is 9.20 Å². The summed E-state index contributed by atoms with van der Waals surface area (Å²) in [4.78, 5) is 12.3. The predicted molar refractivity (Wildman–Crippen MR) is 93.6 cm³/mol. The summed E-state index contributed by atoms with van der Waals surface area (Å²) < 4.78 is 13.0. The van der Waals surface area contributed by atoms with Crippen molar-refractivity contribution in [2.24, 2.45) is 0 Å². The molecular formula is C19H16N4O3. The minimum atomic E-state index is -0.316. The van der Waals surface area contributed by atoms with E-state index in [4.69, 9.17) is 9.15 Å². The van der Waals surface area contributed by atoms with Crippen LogP contribution in [0.1, 0.15) is 22.1 Å². The fraction of sp³-hybridized carbons (Fsp3) is 0.105. The Balaban J connectivity index is 1.36. The molecule has 1 amide bonds. The van der Waals surface area contributed by atoms with Crippen LogP contribution in [0.3, 0.4) is 0 Å². The number of furan rings is 1. The van der Waals surface area contributed by atoms with Gasteiger partial charge in [-0.25, -0.2) is 0 Å². The molecule has 7 nitrogen and oxygen atoms in total. The smallest absolute Gasteiger partial charge is 0.287 e. The van der Waals surface area contributed by atoms with Crippen LogP contribution in [0.25, 0.3) is 5.65 Å². The van der Waals surface area contributed by atoms with E-state index in [1.54, 1.807) is 12.1 Å². The highest BCUT2D eigenvalue weighted by Crippen LogP contribution is 2.14. The monoisotopic (exact) mass is 348 g/mol. The van der Waals surface area contributed by atoms with Crippen LogP contribution in [0.5, 0.6) is 5.75 Å². The summed E-state index contributed by atoms with van der Waals surface area (Å²) in [6, 6.07) is 18.4. The molecule has 0 saturated heterocycles. The first kappa shape index (κ1) is 15.9. The van der Waals surface area contributed by atoms with E-state index in [-0.39, 0.29) is 24.8 Å². The van der Waals surface area contributed by atoms with E-state index in [1.165, 1.54) is 0 Å². The fourth-order valence-corrected chi connectivity index (χ4v) is 2.51. The molecule has 130 valence electrons. The van der Waals surface area contributed by atoms with Gasteiger partial charge >= 0.3 is 0 Å². The highest BCUT2D eigenvalue weighted by Gasteiger charge is 2.13. The Morgan fingerprint density at radius 1 is 1.04 bits per heavy atom. The molecule has 0 unspecified atom stereocenters. The van der Waals surface area contributed by atoms with Gasteiger partial charge in [0.25, 0.3) is 5.91 Å². The summed E-state index contributed by atoms with van der Waals surface area (Å²) in [6.07, 6.45) is 1.85. The highest BCUT2D eigenvalue weighted by molar-refractivity contribution is 5.91. The molecule has 0 aliphatic heterocycles. The molecule has 0 spiro atoms. The van der Waals surface area contributed by atoms with Crippen LogP contribution in [0.15, 0.2) is 71.3 Å². The number of fused-ring (bicyclic) bond motifs is 1. The number of carbonyl (C=O) groups is 1. The lowest BCUT2D eigenvalue weighted by molar-refractivity contribution is 0.0918. The van der Waals surface area contributed by atoms with Crippen molar-refractivity contribution in [2.75, 3.05) is 0 Å². The number of amides is 1. The van der Waals surface area contributed by atoms with Crippen LogP contribution in [-0.2, 0) is 13.2 Å². The van der Waals surface area contributed by atoms with Gasteiger partial charge in [0.1, 0.15) is 18.1 Å². The third-order valence-corrected chi connectivity index (χ3v) is 3.80. The molecule has 4 rings (SSSR count). The van der Waals surface area contributed by atoms with Crippen molar-refractivity contribution >= 4 is 11.6 Å². The van der Waals surface area contributed by atoms with E-state index in [0.29, 0.717) is 11.6 Å². The molecule has 3 heterocycles. The first-order valence-corrected chi connectivity index (χ1v) is 8.13. The largest absolute Gasteiger partial charge is 0.486 e. The van der Waals surface area contributed by atoms with Crippen molar-refractivity contribution in [1.82, 2.24) is 19.9 Å². The molecule has 7 heteroatoms. The maximum absolute atomic E-state index is 12.3. The van der Waals surface area contributed by atoms with Gasteiger partial charge in [0, 0.05) is 6.20 Å². The molecule has 0 aliphatic rings. The maximum atomic E-state index is 12.3. The number of aromatic nitrogens is 3. The molecule has 0 radical (unpaired) electrons. The number of para-hydroxylation sites is 1. The number of pyridine rings is 1. The minimum Gasteiger partial charge on any atom is -0.486 e. The van der Waals surface area contributed by atoms with Crippen LogP contribution in [0, 0.1) is 0 Å². The lowest BCUT2D eigenvalue weighted by atomic mass is 10.3. The molecule has 0 fully saturated rings. The molecule has 1 aromatic carbocycles. The summed E-state index contributed by atoms with van der Waals surface area (Å²) in [5.41, 5.74) is 0.732. The van der Waals surface area contributed by atoms with Crippen molar-refractivity contribution in [3.63, 3.8) is 0 Å². The number of carbonyl (C=O) groups excluding carboxylic acids is 1. The number of nitrogens with zero attached hydrogens (tertiary/aromatic N) is 3. The van der Waals surface area contributed by atoms with E-state index < -0.39 is 0 Å². The molecule has 1 N–H and O–H groups in total. The summed E-state index contributed by atoms with van der Waals surface area (Å²) >= 11 is 0. The minimum absolute atomic E-state index is 0.227. The van der Waals surface area contributed by atoms with Crippen molar-refractivity contribution in [2.45, 2.75) is 13.2 Å². The van der Waals surface area contributed by atoms with E-state index in [2.05, 4.69) is 15.5 Å². The van der Waals surface area contributed by atoms with Gasteiger partial charge in [-0.1, -0.05) is 24.3 Å². The highest BCUT2D eigenvalue weighted by atomic mass is 16.5. The Bertz CT molecular complexity index is 1020. The fourth-order valence-electron chi connectivity index (χ4n) is 2.51. The zero-order valence-corrected chi connectivity index (χ0v) is 13.8. The van der Waals surface area contributed by atoms with Gasteiger partial charge in [0.2, 0.25) is 0 Å². The van der Waals surface area contributed by atoms with Crippen LogP contribution < -0.4 is 10.1 Å². The molecule has 0 atom stereocenters. The normalized spacial score (nSPS) is 10.8. The summed E-state index contributed by atoms with van der Waals surface area (Å²) in [5.74, 6) is 1.88. The second-order valence-corrected chi connectivity index (χ2v) is 5.60. The van der Waals surface area contributed by atoms with Gasteiger partial charge < -0.3 is 14.5 Å². The Morgan fingerprint density at radius 2 is 1.88 bits per heavy atom. The first-order chi connectivity index (χ1) is 12.8. The number of rotatable bonds is 6. The summed E-state index contributed by atoms with van der Waals surface area (Å²) in [5, 5.41) is 10.9. The van der Waals surface area contributed by atoms with E-state index in [1.807, 2.05) is 59.1 Å². The number of hydrogen-bond donors (Lipinski definition) is 1. The second-order valence-electron chi connectivity index (χ2n) is 5.60. The Hall–Kier alpha value is -3.61. The van der Waals surface area contributed by atoms with Crippen molar-refractivity contribution in [3.05, 3.63) is 84.2 Å². The van der Waals surface area contributed by atoms with Crippen molar-refractivity contribution in [1.29, 1.82) is 0 Å². The first-order valence-electron chi connectivity index (χ1n) is 8.13. The number of nitrogens with one attached hydrogen (secondary N) is 1. The summed E-state index contributed by atoms with van der Waals surface area (Å²) in [7, 11) is 0. The Morgan fingerprint density at radius 3 is 2.77 bits per heavy atom. The van der Waals surface area contributed by atoms with Gasteiger partial charge in [-0.2, -0.15) is 0 Å². The third-order valence-electron chi connectivity index (χ3n) is 3.80. The molecule has 3 aromatic heterocycles. The van der Waals surface area contributed by atoms with Crippen LogP contribution in [0.4, 0.5) is 0 Å². The lowest BCUT2D eigenvalue weighted by Gasteiger charge is -2.04. The standard InChI is InChI=1S/C19H16N4O3/c24-19(20-12-18-22-21-17-8-4-5-11-23(17)18)16-10-9-15(26-16)13-25-14-6-2-1-3-7-14/h1-11H,12-13H2,(H,20,24). The molecule has 0 saturated carbocycles. The number of hydrogen-bond acceptors (Lipinski definition) is 5. The molecule has 0 aliphatic carbocycles. The van der Waals surface area contributed by atoms with E-state index >= 15 is 0 Å². The SMILES string of the molecule is O=C(NCc1nnc2ccccn12)c1ccc(COc2ccccc2)o1. The predicted octanol–water partition coefficient (Wildman–Crippen LogP) is 2.83.